The van der Waals surface area contributed by atoms with E-state index in [0.29, 0.717) is 29.1 Å². The Hall–Kier alpha value is -4.00. The third kappa shape index (κ3) is 5.74. The highest BCUT2D eigenvalue weighted by atomic mass is 16.5. The van der Waals surface area contributed by atoms with Crippen molar-refractivity contribution < 1.29 is 19.1 Å². The number of esters is 1. The number of carbonyl (C=O) groups excluding carboxylic acids is 3. The number of benzene rings is 2. The van der Waals surface area contributed by atoms with Gasteiger partial charge in [0.1, 0.15) is 5.75 Å². The van der Waals surface area contributed by atoms with Gasteiger partial charge in [0.2, 0.25) is 0 Å². The van der Waals surface area contributed by atoms with Crippen LogP contribution in [0.4, 0.5) is 5.69 Å². The van der Waals surface area contributed by atoms with Crippen LogP contribution in [0.25, 0.3) is 0 Å². The monoisotopic (exact) mass is 389 g/mol. The summed E-state index contributed by atoms with van der Waals surface area (Å²) >= 11 is 0. The Bertz CT molecular complexity index is 1030. The zero-order valence-electron chi connectivity index (χ0n) is 15.7. The Kier molecular flexibility index (Phi) is 6.32. The number of nitrogens with one attached hydrogen (secondary N) is 2. The molecule has 1 heterocycles. The van der Waals surface area contributed by atoms with Crippen molar-refractivity contribution in [2.45, 2.75) is 13.5 Å². The van der Waals surface area contributed by atoms with Gasteiger partial charge in [-0.3, -0.25) is 19.4 Å². The first-order valence-electron chi connectivity index (χ1n) is 8.88. The summed E-state index contributed by atoms with van der Waals surface area (Å²) in [5.74, 6) is -0.717. The van der Waals surface area contributed by atoms with E-state index in [0.717, 1.165) is 5.56 Å². The van der Waals surface area contributed by atoms with E-state index >= 15 is 0 Å². The number of nitrogens with zero attached hydrogens (tertiary/aromatic N) is 1. The second kappa shape index (κ2) is 9.27. The quantitative estimate of drug-likeness (QED) is 0.498. The summed E-state index contributed by atoms with van der Waals surface area (Å²) < 4.78 is 5.00. The molecule has 0 atom stereocenters. The number of pyridine rings is 1. The molecule has 2 N–H and O–H groups in total. The second-order valence-corrected chi connectivity index (χ2v) is 6.20. The molecule has 0 bridgehead atoms. The smallest absolute Gasteiger partial charge is 0.308 e. The molecule has 146 valence electrons. The van der Waals surface area contributed by atoms with Crippen LogP contribution in [0.3, 0.4) is 0 Å². The van der Waals surface area contributed by atoms with Crippen LogP contribution in [0, 0.1) is 0 Å². The third-order valence-electron chi connectivity index (χ3n) is 3.92. The zero-order chi connectivity index (χ0) is 20.6. The van der Waals surface area contributed by atoms with Gasteiger partial charge >= 0.3 is 5.97 Å². The van der Waals surface area contributed by atoms with Crippen LogP contribution < -0.4 is 15.4 Å². The highest BCUT2D eigenvalue weighted by molar-refractivity contribution is 6.04. The Balaban J connectivity index is 1.63. The van der Waals surface area contributed by atoms with Gasteiger partial charge < -0.3 is 15.4 Å². The van der Waals surface area contributed by atoms with E-state index in [1.807, 2.05) is 6.07 Å². The zero-order valence-corrected chi connectivity index (χ0v) is 15.7. The molecule has 0 radical (unpaired) electrons. The Morgan fingerprint density at radius 3 is 2.48 bits per heavy atom. The molecule has 3 rings (SSSR count). The third-order valence-corrected chi connectivity index (χ3v) is 3.92. The second-order valence-electron chi connectivity index (χ2n) is 6.20. The molecule has 7 heteroatoms. The van der Waals surface area contributed by atoms with E-state index in [4.69, 9.17) is 4.74 Å². The van der Waals surface area contributed by atoms with E-state index in [1.165, 1.54) is 19.2 Å². The van der Waals surface area contributed by atoms with Crippen LogP contribution >= 0.6 is 0 Å². The lowest BCUT2D eigenvalue weighted by atomic mass is 10.1. The van der Waals surface area contributed by atoms with Gasteiger partial charge in [0.25, 0.3) is 11.8 Å². The molecule has 7 nitrogen and oxygen atoms in total. The first kappa shape index (κ1) is 19.8. The minimum atomic E-state index is -0.455. The molecule has 0 aliphatic carbocycles. The lowest BCUT2D eigenvalue weighted by molar-refractivity contribution is -0.131. The van der Waals surface area contributed by atoms with Crippen LogP contribution in [0.5, 0.6) is 5.75 Å². The van der Waals surface area contributed by atoms with Crippen LogP contribution in [-0.2, 0) is 11.3 Å². The van der Waals surface area contributed by atoms with Crippen molar-refractivity contribution in [3.05, 3.63) is 89.7 Å². The van der Waals surface area contributed by atoms with E-state index in [2.05, 4.69) is 15.6 Å². The molecule has 0 unspecified atom stereocenters. The Morgan fingerprint density at radius 1 is 0.931 bits per heavy atom. The molecule has 0 fully saturated rings. The van der Waals surface area contributed by atoms with Crippen molar-refractivity contribution in [1.29, 1.82) is 0 Å². The molecule has 2 amide bonds. The van der Waals surface area contributed by atoms with E-state index < -0.39 is 5.97 Å². The standard InChI is InChI=1S/C22H19N3O4/c1-15(26)29-20-9-3-6-17(12-20)22(28)25-19-8-2-5-16(11-19)13-24-21(27)18-7-4-10-23-14-18/h2-12,14H,13H2,1H3,(H,24,27)(H,25,28). The predicted octanol–water partition coefficient (Wildman–Crippen LogP) is 3.19. The summed E-state index contributed by atoms with van der Waals surface area (Å²) in [5, 5.41) is 5.61. The van der Waals surface area contributed by atoms with Gasteiger partial charge in [-0.05, 0) is 48.0 Å². The van der Waals surface area contributed by atoms with Crippen molar-refractivity contribution in [1.82, 2.24) is 10.3 Å². The fourth-order valence-corrected chi connectivity index (χ4v) is 2.61. The maximum Gasteiger partial charge on any atom is 0.308 e. The van der Waals surface area contributed by atoms with Crippen LogP contribution in [0.1, 0.15) is 33.2 Å². The molecule has 3 aromatic rings. The molecule has 0 saturated carbocycles. The van der Waals surface area contributed by atoms with Gasteiger partial charge in [-0.25, -0.2) is 0 Å². The van der Waals surface area contributed by atoms with E-state index in [-0.39, 0.29) is 11.8 Å². The van der Waals surface area contributed by atoms with Crippen LogP contribution in [-0.4, -0.2) is 22.8 Å². The largest absolute Gasteiger partial charge is 0.427 e. The van der Waals surface area contributed by atoms with Gasteiger partial charge in [0, 0.05) is 37.1 Å². The first-order valence-corrected chi connectivity index (χ1v) is 8.88. The molecular weight excluding hydrogens is 370 g/mol. The van der Waals surface area contributed by atoms with Crippen molar-refractivity contribution in [2.75, 3.05) is 5.32 Å². The number of hydrogen-bond acceptors (Lipinski definition) is 5. The summed E-state index contributed by atoms with van der Waals surface area (Å²) in [5.41, 5.74) is 2.25. The van der Waals surface area contributed by atoms with Gasteiger partial charge in [-0.15, -0.1) is 0 Å². The van der Waals surface area contributed by atoms with Gasteiger partial charge in [-0.1, -0.05) is 18.2 Å². The molecule has 29 heavy (non-hydrogen) atoms. The molecule has 0 spiro atoms. The molecular formula is C22H19N3O4. The number of hydrogen-bond donors (Lipinski definition) is 2. The summed E-state index contributed by atoms with van der Waals surface area (Å²) in [4.78, 5) is 39.6. The highest BCUT2D eigenvalue weighted by Crippen LogP contribution is 2.16. The Labute approximate surface area is 167 Å². The maximum absolute atomic E-state index is 12.5. The van der Waals surface area contributed by atoms with Gasteiger partial charge in [-0.2, -0.15) is 0 Å². The summed E-state index contributed by atoms with van der Waals surface area (Å²) in [7, 11) is 0. The van der Waals surface area contributed by atoms with Crippen molar-refractivity contribution in [2.24, 2.45) is 0 Å². The summed E-state index contributed by atoms with van der Waals surface area (Å²) in [6.45, 7) is 1.60. The van der Waals surface area contributed by atoms with Gasteiger partial charge in [0.05, 0.1) is 5.56 Å². The minimum absolute atomic E-state index is 0.227. The lowest BCUT2D eigenvalue weighted by Gasteiger charge is -2.09. The number of anilines is 1. The molecule has 0 aliphatic rings. The van der Waals surface area contributed by atoms with Crippen LogP contribution in [0.2, 0.25) is 0 Å². The molecule has 0 saturated heterocycles. The highest BCUT2D eigenvalue weighted by Gasteiger charge is 2.09. The number of ether oxygens (including phenoxy) is 1. The summed E-state index contributed by atoms with van der Waals surface area (Å²) in [6, 6.07) is 16.9. The maximum atomic E-state index is 12.5. The normalized spacial score (nSPS) is 10.1. The van der Waals surface area contributed by atoms with Crippen molar-refractivity contribution >= 4 is 23.5 Å². The van der Waals surface area contributed by atoms with Crippen molar-refractivity contribution in [3.8, 4) is 5.75 Å². The fourth-order valence-electron chi connectivity index (χ4n) is 2.61. The van der Waals surface area contributed by atoms with Crippen molar-refractivity contribution in [3.63, 3.8) is 0 Å². The predicted molar refractivity (Wildman–Crippen MR) is 108 cm³/mol. The fraction of sp³-hybridized carbons (Fsp3) is 0.0909. The average molecular weight is 389 g/mol. The van der Waals surface area contributed by atoms with E-state index in [1.54, 1.807) is 54.7 Å². The van der Waals surface area contributed by atoms with E-state index in [9.17, 15) is 14.4 Å². The van der Waals surface area contributed by atoms with Gasteiger partial charge in [0.15, 0.2) is 0 Å². The first-order chi connectivity index (χ1) is 14.0. The lowest BCUT2D eigenvalue weighted by Crippen LogP contribution is -2.23. The van der Waals surface area contributed by atoms with Crippen LogP contribution in [0.15, 0.2) is 73.1 Å². The minimum Gasteiger partial charge on any atom is -0.427 e. The molecule has 0 aliphatic heterocycles. The molecule has 1 aromatic heterocycles. The SMILES string of the molecule is CC(=O)Oc1cccc(C(=O)Nc2cccc(CNC(=O)c3cccnc3)c2)c1. The number of aromatic nitrogens is 1. The number of carbonyl (C=O) groups is 3. The molecule has 2 aromatic carbocycles. The number of rotatable bonds is 6. The summed E-state index contributed by atoms with van der Waals surface area (Å²) in [6.07, 6.45) is 3.10. The topological polar surface area (TPSA) is 97.4 Å². The number of amides is 2. The Morgan fingerprint density at radius 2 is 1.72 bits per heavy atom. The average Bonchev–Trinajstić information content (AvgIpc) is 2.72.